The van der Waals surface area contributed by atoms with Gasteiger partial charge < -0.3 is 15.9 Å². The number of carboxylic acid groups (broad SMARTS) is 1. The minimum atomic E-state index is -4.64. The number of carbonyl (C=O) groups is 1. The molecule has 0 amide bonds. The van der Waals surface area contributed by atoms with Gasteiger partial charge in [-0.15, -0.1) is 0 Å². The predicted molar refractivity (Wildman–Crippen MR) is 57.4 cm³/mol. The molecule has 0 saturated carbocycles. The Kier molecular flexibility index (Phi) is 4.08. The second-order valence-corrected chi connectivity index (χ2v) is 4.01. The molecule has 8 heteroatoms. The van der Waals surface area contributed by atoms with Gasteiger partial charge in [0.1, 0.15) is 11.8 Å². The van der Waals surface area contributed by atoms with Crippen molar-refractivity contribution < 1.29 is 28.2 Å². The van der Waals surface area contributed by atoms with Crippen LogP contribution >= 0.6 is 11.6 Å². The zero-order chi connectivity index (χ0) is 14.1. The van der Waals surface area contributed by atoms with Crippen molar-refractivity contribution in [3.63, 3.8) is 0 Å². The maximum Gasteiger partial charge on any atom is 0.416 e. The van der Waals surface area contributed by atoms with E-state index in [1.165, 1.54) is 0 Å². The number of carboxylic acids is 1. The Hall–Kier alpha value is -1.47. The van der Waals surface area contributed by atoms with Crippen molar-refractivity contribution in [1.82, 2.24) is 0 Å². The zero-order valence-corrected chi connectivity index (χ0v) is 9.59. The summed E-state index contributed by atoms with van der Waals surface area (Å²) < 4.78 is 37.1. The molecule has 0 aliphatic carbocycles. The topological polar surface area (TPSA) is 83.5 Å². The van der Waals surface area contributed by atoms with Crippen molar-refractivity contribution in [3.8, 4) is 5.75 Å². The van der Waals surface area contributed by atoms with Gasteiger partial charge in [0.25, 0.3) is 0 Å². The molecule has 0 radical (unpaired) electrons. The summed E-state index contributed by atoms with van der Waals surface area (Å²) in [7, 11) is 0. The highest BCUT2D eigenvalue weighted by molar-refractivity contribution is 6.31. The minimum absolute atomic E-state index is 0.125. The first-order valence-corrected chi connectivity index (χ1v) is 5.07. The molecule has 4 N–H and O–H groups in total. The molecule has 0 aromatic heterocycles. The zero-order valence-electron chi connectivity index (χ0n) is 8.83. The van der Waals surface area contributed by atoms with Crippen molar-refractivity contribution in [2.24, 2.45) is 5.73 Å². The van der Waals surface area contributed by atoms with Gasteiger partial charge in [0, 0.05) is 17.0 Å². The number of phenols is 1. The first kappa shape index (κ1) is 14.6. The summed E-state index contributed by atoms with van der Waals surface area (Å²) in [5, 5.41) is 17.6. The number of benzene rings is 1. The van der Waals surface area contributed by atoms with Gasteiger partial charge >= 0.3 is 12.1 Å². The summed E-state index contributed by atoms with van der Waals surface area (Å²) >= 11 is 5.58. The molecule has 4 nitrogen and oxygen atoms in total. The van der Waals surface area contributed by atoms with Crippen LogP contribution in [0.25, 0.3) is 0 Å². The van der Waals surface area contributed by atoms with Gasteiger partial charge in [-0.3, -0.25) is 4.79 Å². The minimum Gasteiger partial charge on any atom is -0.508 e. The lowest BCUT2D eigenvalue weighted by Gasteiger charge is -2.13. The summed E-state index contributed by atoms with van der Waals surface area (Å²) in [6.45, 7) is 0. The average Bonchev–Trinajstić information content (AvgIpc) is 2.21. The van der Waals surface area contributed by atoms with Crippen molar-refractivity contribution in [3.05, 3.63) is 28.3 Å². The first-order chi connectivity index (χ1) is 8.12. The van der Waals surface area contributed by atoms with E-state index in [4.69, 9.17) is 22.4 Å². The van der Waals surface area contributed by atoms with Crippen molar-refractivity contribution in [2.45, 2.75) is 18.6 Å². The van der Waals surface area contributed by atoms with E-state index in [-0.39, 0.29) is 17.0 Å². The smallest absolute Gasteiger partial charge is 0.416 e. The van der Waals surface area contributed by atoms with Crippen molar-refractivity contribution in [2.75, 3.05) is 0 Å². The molecule has 0 saturated heterocycles. The number of phenolic OH excluding ortho intramolecular Hbond substituents is 1. The van der Waals surface area contributed by atoms with Gasteiger partial charge in [0.05, 0.1) is 5.56 Å². The number of rotatable bonds is 3. The Morgan fingerprint density at radius 2 is 2.00 bits per heavy atom. The second-order valence-electron chi connectivity index (χ2n) is 3.60. The molecule has 0 aliphatic rings. The highest BCUT2D eigenvalue weighted by atomic mass is 35.5. The Balaban J connectivity index is 3.13. The lowest BCUT2D eigenvalue weighted by molar-refractivity contribution is -0.139. The standard InChI is InChI=1S/C10H9ClF3NO3/c11-6-1-4(10(12,13)14)2-8(16)5(6)3-7(15)9(17)18/h1-2,7,16H,3,15H2,(H,17,18). The van der Waals surface area contributed by atoms with Crippen LogP contribution < -0.4 is 5.73 Å². The third kappa shape index (κ3) is 3.27. The first-order valence-electron chi connectivity index (χ1n) is 4.70. The molecule has 1 rings (SSSR count). The maximum atomic E-state index is 12.4. The number of halogens is 4. The summed E-state index contributed by atoms with van der Waals surface area (Å²) in [5.74, 6) is -2.07. The van der Waals surface area contributed by atoms with Gasteiger partial charge in [-0.25, -0.2) is 0 Å². The van der Waals surface area contributed by atoms with Gasteiger partial charge in [0.2, 0.25) is 0 Å². The molecular formula is C10H9ClF3NO3. The summed E-state index contributed by atoms with van der Waals surface area (Å²) in [6.07, 6.45) is -5.01. The Morgan fingerprint density at radius 1 is 1.44 bits per heavy atom. The van der Waals surface area contributed by atoms with Crippen LogP contribution in [0.1, 0.15) is 11.1 Å². The van der Waals surface area contributed by atoms with Crippen LogP contribution in [0.4, 0.5) is 13.2 Å². The third-order valence-corrected chi connectivity index (χ3v) is 2.58. The molecule has 1 atom stereocenters. The molecular weight excluding hydrogens is 275 g/mol. The quantitative estimate of drug-likeness (QED) is 0.792. The Morgan fingerprint density at radius 3 is 2.39 bits per heavy atom. The number of aliphatic carboxylic acids is 1. The van der Waals surface area contributed by atoms with E-state index in [1.807, 2.05) is 0 Å². The van der Waals surface area contributed by atoms with Crippen LogP contribution in [0.15, 0.2) is 12.1 Å². The van der Waals surface area contributed by atoms with E-state index in [1.54, 1.807) is 0 Å². The number of aromatic hydroxyl groups is 1. The fourth-order valence-electron chi connectivity index (χ4n) is 1.30. The largest absolute Gasteiger partial charge is 0.508 e. The second kappa shape index (κ2) is 5.03. The average molecular weight is 284 g/mol. The maximum absolute atomic E-state index is 12.4. The van der Waals surface area contributed by atoms with Gasteiger partial charge in [-0.1, -0.05) is 11.6 Å². The highest BCUT2D eigenvalue weighted by Gasteiger charge is 2.32. The molecule has 0 fully saturated rings. The molecule has 0 aliphatic heterocycles. The van der Waals surface area contributed by atoms with E-state index in [2.05, 4.69) is 0 Å². The van der Waals surface area contributed by atoms with Crippen molar-refractivity contribution >= 4 is 17.6 Å². The van der Waals surface area contributed by atoms with E-state index in [0.29, 0.717) is 12.1 Å². The van der Waals surface area contributed by atoms with Crippen LogP contribution in [-0.2, 0) is 17.4 Å². The third-order valence-electron chi connectivity index (χ3n) is 2.24. The number of nitrogens with two attached hydrogens (primary N) is 1. The highest BCUT2D eigenvalue weighted by Crippen LogP contribution is 2.36. The van der Waals surface area contributed by atoms with E-state index in [9.17, 15) is 23.1 Å². The lowest BCUT2D eigenvalue weighted by atomic mass is 10.0. The van der Waals surface area contributed by atoms with Crippen LogP contribution in [0.2, 0.25) is 5.02 Å². The molecule has 0 spiro atoms. The summed E-state index contributed by atoms with van der Waals surface area (Å²) in [6, 6.07) is -0.258. The summed E-state index contributed by atoms with van der Waals surface area (Å²) in [5.41, 5.74) is 3.98. The van der Waals surface area contributed by atoms with Crippen LogP contribution in [0.3, 0.4) is 0 Å². The Labute approximate surface area is 105 Å². The van der Waals surface area contributed by atoms with Crippen molar-refractivity contribution in [1.29, 1.82) is 0 Å². The Bertz CT molecular complexity index is 453. The van der Waals surface area contributed by atoms with Gasteiger partial charge in [-0.05, 0) is 12.1 Å². The molecule has 100 valence electrons. The van der Waals surface area contributed by atoms with Crippen LogP contribution in [0, 0.1) is 0 Å². The monoisotopic (exact) mass is 283 g/mol. The normalized spacial score (nSPS) is 13.4. The van der Waals surface area contributed by atoms with Gasteiger partial charge in [0.15, 0.2) is 0 Å². The fourth-order valence-corrected chi connectivity index (χ4v) is 1.59. The molecule has 1 aromatic carbocycles. The number of hydrogen-bond donors (Lipinski definition) is 3. The van der Waals surface area contributed by atoms with E-state index < -0.39 is 29.5 Å². The SMILES string of the molecule is NC(Cc1c(O)cc(C(F)(F)F)cc1Cl)C(=O)O. The van der Waals surface area contributed by atoms with Gasteiger partial charge in [-0.2, -0.15) is 13.2 Å². The molecule has 0 heterocycles. The molecule has 1 aromatic rings. The predicted octanol–water partition coefficient (Wildman–Crippen LogP) is 2.02. The molecule has 1 unspecified atom stereocenters. The number of hydrogen-bond acceptors (Lipinski definition) is 3. The lowest BCUT2D eigenvalue weighted by Crippen LogP contribution is -2.32. The molecule has 18 heavy (non-hydrogen) atoms. The summed E-state index contributed by atoms with van der Waals surface area (Å²) in [4.78, 5) is 10.5. The van der Waals surface area contributed by atoms with Crippen LogP contribution in [0.5, 0.6) is 5.75 Å². The van der Waals surface area contributed by atoms with Crippen LogP contribution in [-0.4, -0.2) is 22.2 Å². The number of alkyl halides is 3. The molecule has 0 bridgehead atoms. The fraction of sp³-hybridized carbons (Fsp3) is 0.300. The van der Waals surface area contributed by atoms with E-state index in [0.717, 1.165) is 0 Å². The van der Waals surface area contributed by atoms with E-state index >= 15 is 0 Å².